The normalized spacial score (nSPS) is 16.5. The van der Waals surface area contributed by atoms with Gasteiger partial charge in [-0.3, -0.25) is 4.79 Å². The van der Waals surface area contributed by atoms with Gasteiger partial charge in [-0.15, -0.1) is 0 Å². The average Bonchev–Trinajstić information content (AvgIpc) is 2.29. The van der Waals surface area contributed by atoms with Gasteiger partial charge in [0.25, 0.3) is 0 Å². The van der Waals surface area contributed by atoms with E-state index in [1.807, 2.05) is 0 Å². The molecule has 1 saturated carbocycles. The molecule has 0 aromatic rings. The van der Waals surface area contributed by atoms with Crippen molar-refractivity contribution in [3.8, 4) is 0 Å². The Balaban J connectivity index is 1.98. The summed E-state index contributed by atoms with van der Waals surface area (Å²) >= 11 is 5.17. The van der Waals surface area contributed by atoms with Crippen LogP contribution in [0.4, 0.5) is 0 Å². The first kappa shape index (κ1) is 14.2. The van der Waals surface area contributed by atoms with E-state index in [2.05, 4.69) is 10.6 Å². The highest BCUT2D eigenvalue weighted by atomic mass is 32.1. The van der Waals surface area contributed by atoms with E-state index >= 15 is 0 Å². The molecule has 0 spiro atoms. The second-order valence-corrected chi connectivity index (χ2v) is 4.66. The van der Waals surface area contributed by atoms with Crippen LogP contribution in [0.3, 0.4) is 0 Å². The van der Waals surface area contributed by atoms with Gasteiger partial charge in [0.05, 0.1) is 6.61 Å². The highest BCUT2D eigenvalue weighted by Gasteiger charge is 2.13. The van der Waals surface area contributed by atoms with Gasteiger partial charge in [-0.25, -0.2) is 0 Å². The molecule has 0 unspecified atom stereocenters. The summed E-state index contributed by atoms with van der Waals surface area (Å²) in [5, 5.41) is 7.00. The minimum atomic E-state index is -0.451. The lowest BCUT2D eigenvalue weighted by atomic mass is 9.96. The average molecular weight is 259 g/mol. The zero-order valence-electron chi connectivity index (χ0n) is 10.0. The second kappa shape index (κ2) is 8.25. The van der Waals surface area contributed by atoms with Crippen molar-refractivity contribution in [2.24, 2.45) is 5.73 Å². The molecule has 1 fully saturated rings. The summed E-state index contributed by atoms with van der Waals surface area (Å²) in [4.78, 5) is 10.4. The van der Waals surface area contributed by atoms with Crippen LogP contribution in [0.2, 0.25) is 0 Å². The van der Waals surface area contributed by atoms with E-state index in [0.29, 0.717) is 24.3 Å². The third kappa shape index (κ3) is 7.12. The molecular formula is C11H21N3O2S. The van der Waals surface area contributed by atoms with Crippen LogP contribution in [-0.2, 0) is 9.53 Å². The van der Waals surface area contributed by atoms with Crippen LogP contribution in [0.25, 0.3) is 0 Å². The summed E-state index contributed by atoms with van der Waals surface area (Å²) in [6, 6.07) is 0.510. The number of thiocarbonyl (C=S) groups is 1. The highest BCUT2D eigenvalue weighted by molar-refractivity contribution is 7.80. The number of carbonyl (C=O) groups is 1. The lowest BCUT2D eigenvalue weighted by Crippen LogP contribution is -2.43. The molecule has 6 heteroatoms. The SMILES string of the molecule is NC(=O)COCCNC(=S)NC1CCCCC1. The molecular weight excluding hydrogens is 238 g/mol. The van der Waals surface area contributed by atoms with Crippen LogP contribution in [-0.4, -0.2) is 36.8 Å². The van der Waals surface area contributed by atoms with Crippen LogP contribution in [0.1, 0.15) is 32.1 Å². The Morgan fingerprint density at radius 2 is 2.06 bits per heavy atom. The maximum atomic E-state index is 10.4. The first-order valence-electron chi connectivity index (χ1n) is 6.09. The number of nitrogens with one attached hydrogen (secondary N) is 2. The first-order valence-corrected chi connectivity index (χ1v) is 6.49. The Morgan fingerprint density at radius 1 is 1.35 bits per heavy atom. The van der Waals surface area contributed by atoms with Gasteiger partial charge >= 0.3 is 0 Å². The Kier molecular flexibility index (Phi) is 6.88. The van der Waals surface area contributed by atoms with Gasteiger partial charge in [0.15, 0.2) is 5.11 Å². The molecule has 0 saturated heterocycles. The number of hydrogen-bond donors (Lipinski definition) is 3. The van der Waals surface area contributed by atoms with Gasteiger partial charge in [-0.05, 0) is 25.1 Å². The van der Waals surface area contributed by atoms with E-state index < -0.39 is 5.91 Å². The summed E-state index contributed by atoms with van der Waals surface area (Å²) in [6.45, 7) is 0.978. The van der Waals surface area contributed by atoms with Crippen molar-refractivity contribution < 1.29 is 9.53 Å². The van der Waals surface area contributed by atoms with E-state index in [9.17, 15) is 4.79 Å². The summed E-state index contributed by atoms with van der Waals surface area (Å²) in [5.41, 5.74) is 4.94. The van der Waals surface area contributed by atoms with E-state index in [-0.39, 0.29) is 6.61 Å². The Hall–Kier alpha value is -0.880. The summed E-state index contributed by atoms with van der Waals surface area (Å²) in [6.07, 6.45) is 6.28. The fourth-order valence-electron chi connectivity index (χ4n) is 1.89. The first-order chi connectivity index (χ1) is 8.18. The Bertz CT molecular complexity index is 255. The van der Waals surface area contributed by atoms with Crippen molar-refractivity contribution in [2.45, 2.75) is 38.1 Å². The molecule has 1 rings (SSSR count). The lowest BCUT2D eigenvalue weighted by Gasteiger charge is -2.24. The van der Waals surface area contributed by atoms with Crippen molar-refractivity contribution in [3.05, 3.63) is 0 Å². The fourth-order valence-corrected chi connectivity index (χ4v) is 2.16. The Morgan fingerprint density at radius 3 is 2.71 bits per heavy atom. The molecule has 0 aliphatic heterocycles. The molecule has 5 nitrogen and oxygen atoms in total. The molecule has 0 heterocycles. The van der Waals surface area contributed by atoms with Crippen molar-refractivity contribution >= 4 is 23.2 Å². The third-order valence-electron chi connectivity index (χ3n) is 2.72. The predicted octanol–water partition coefficient (Wildman–Crippen LogP) is 0.285. The predicted molar refractivity (Wildman–Crippen MR) is 70.6 cm³/mol. The minimum absolute atomic E-state index is 0.0372. The second-order valence-electron chi connectivity index (χ2n) is 4.25. The van der Waals surface area contributed by atoms with Gasteiger partial charge in [-0.2, -0.15) is 0 Å². The molecule has 1 amide bonds. The zero-order valence-corrected chi connectivity index (χ0v) is 10.9. The van der Waals surface area contributed by atoms with Gasteiger partial charge in [-0.1, -0.05) is 19.3 Å². The topological polar surface area (TPSA) is 76.4 Å². The number of amides is 1. The van der Waals surface area contributed by atoms with Crippen molar-refractivity contribution in [3.63, 3.8) is 0 Å². The largest absolute Gasteiger partial charge is 0.370 e. The van der Waals surface area contributed by atoms with Crippen molar-refractivity contribution in [2.75, 3.05) is 19.8 Å². The number of rotatable bonds is 6. The van der Waals surface area contributed by atoms with Gasteiger partial charge < -0.3 is 21.1 Å². The highest BCUT2D eigenvalue weighted by Crippen LogP contribution is 2.16. The molecule has 1 aliphatic carbocycles. The van der Waals surface area contributed by atoms with Crippen LogP contribution >= 0.6 is 12.2 Å². The Labute approximate surface area is 107 Å². The van der Waals surface area contributed by atoms with E-state index in [4.69, 9.17) is 22.7 Å². The summed E-state index contributed by atoms with van der Waals surface area (Å²) in [7, 11) is 0. The number of carbonyl (C=O) groups excluding carboxylic acids is 1. The zero-order chi connectivity index (χ0) is 12.5. The smallest absolute Gasteiger partial charge is 0.243 e. The minimum Gasteiger partial charge on any atom is -0.370 e. The van der Waals surface area contributed by atoms with Gasteiger partial charge in [0.1, 0.15) is 6.61 Å². The molecule has 17 heavy (non-hydrogen) atoms. The maximum Gasteiger partial charge on any atom is 0.243 e. The molecule has 1 aliphatic rings. The number of ether oxygens (including phenoxy) is 1. The fraction of sp³-hybridized carbons (Fsp3) is 0.818. The summed E-state index contributed by atoms with van der Waals surface area (Å²) < 4.78 is 5.01. The molecule has 4 N–H and O–H groups in total. The van der Waals surface area contributed by atoms with Crippen LogP contribution in [0, 0.1) is 0 Å². The molecule has 0 bridgehead atoms. The van der Waals surface area contributed by atoms with E-state index in [1.165, 1.54) is 32.1 Å². The molecule has 98 valence electrons. The molecule has 0 radical (unpaired) electrons. The summed E-state index contributed by atoms with van der Waals surface area (Å²) in [5.74, 6) is -0.451. The van der Waals surface area contributed by atoms with Crippen LogP contribution in [0.5, 0.6) is 0 Å². The van der Waals surface area contributed by atoms with Crippen LogP contribution in [0.15, 0.2) is 0 Å². The molecule has 0 atom stereocenters. The third-order valence-corrected chi connectivity index (χ3v) is 2.98. The van der Waals surface area contributed by atoms with Crippen molar-refractivity contribution in [1.29, 1.82) is 0 Å². The number of hydrogen-bond acceptors (Lipinski definition) is 3. The molecule has 0 aromatic heterocycles. The molecule has 0 aromatic carbocycles. The van der Waals surface area contributed by atoms with Gasteiger partial charge in [0, 0.05) is 12.6 Å². The maximum absolute atomic E-state index is 10.4. The number of primary amides is 1. The van der Waals surface area contributed by atoms with E-state index in [1.54, 1.807) is 0 Å². The quantitative estimate of drug-likeness (QED) is 0.472. The lowest BCUT2D eigenvalue weighted by molar-refractivity contribution is -0.122. The van der Waals surface area contributed by atoms with Crippen LogP contribution < -0.4 is 16.4 Å². The van der Waals surface area contributed by atoms with Gasteiger partial charge in [0.2, 0.25) is 5.91 Å². The standard InChI is InChI=1S/C11H21N3O2S/c12-10(15)8-16-7-6-13-11(17)14-9-4-2-1-3-5-9/h9H,1-8H2,(H2,12,15)(H2,13,14,17). The number of nitrogens with two attached hydrogens (primary N) is 1. The van der Waals surface area contributed by atoms with Crippen molar-refractivity contribution in [1.82, 2.24) is 10.6 Å². The van der Waals surface area contributed by atoms with E-state index in [0.717, 1.165) is 0 Å². The monoisotopic (exact) mass is 259 g/mol.